The molecule has 0 bridgehead atoms. The van der Waals surface area contributed by atoms with Gasteiger partial charge in [-0.25, -0.2) is 8.42 Å². The number of sulfone groups is 1. The van der Waals surface area contributed by atoms with E-state index >= 15 is 0 Å². The minimum Gasteiger partial charge on any atom is -0.508 e. The van der Waals surface area contributed by atoms with E-state index in [1.165, 1.54) is 12.5 Å². The number of rotatable bonds is 6. The van der Waals surface area contributed by atoms with Gasteiger partial charge in [0.1, 0.15) is 21.4 Å². The van der Waals surface area contributed by atoms with Crippen molar-refractivity contribution < 1.29 is 18.3 Å². The molecule has 2 aromatic carbocycles. The van der Waals surface area contributed by atoms with E-state index in [-0.39, 0.29) is 11.5 Å². The first kappa shape index (κ1) is 18.3. The Morgan fingerprint density at radius 3 is 2.31 bits per heavy atom. The molecule has 0 radical (unpaired) electrons. The summed E-state index contributed by atoms with van der Waals surface area (Å²) in [7, 11) is -3.22. The molecule has 1 atom stereocenters. The van der Waals surface area contributed by atoms with Gasteiger partial charge in [0.15, 0.2) is 0 Å². The van der Waals surface area contributed by atoms with Crippen LogP contribution in [0, 0.1) is 5.92 Å². The minimum absolute atomic E-state index is 0.0688. The molecule has 26 heavy (non-hydrogen) atoms. The van der Waals surface area contributed by atoms with Crippen LogP contribution in [-0.4, -0.2) is 25.5 Å². The van der Waals surface area contributed by atoms with Gasteiger partial charge in [-0.2, -0.15) is 0 Å². The fourth-order valence-corrected chi connectivity index (χ4v) is 4.12. The van der Waals surface area contributed by atoms with Gasteiger partial charge in [0.05, 0.1) is 12.0 Å². The molecule has 4 nitrogen and oxygen atoms in total. The lowest BCUT2D eigenvalue weighted by atomic mass is 9.95. The van der Waals surface area contributed by atoms with E-state index in [2.05, 4.69) is 0 Å². The molecule has 1 N–H and O–H groups in total. The van der Waals surface area contributed by atoms with Crippen molar-refractivity contribution in [1.82, 2.24) is 0 Å². The van der Waals surface area contributed by atoms with Gasteiger partial charge in [0.25, 0.3) is 0 Å². The van der Waals surface area contributed by atoms with E-state index in [9.17, 15) is 13.5 Å². The number of ether oxygens (including phenoxy) is 1. The number of allylic oxidation sites excluding steroid dienone is 2. The lowest BCUT2D eigenvalue weighted by Gasteiger charge is -2.22. The standard InChI is InChI=1S/C21H22O4S/c1-26(23,24)15-19(21-20(22)8-5-13-25-21)14-16-9-11-18(12-10-16)17-6-3-2-4-7-17/h2-7,9-13,19,22H,8,14-15H2,1H3. The van der Waals surface area contributed by atoms with Crippen molar-refractivity contribution in [3.63, 3.8) is 0 Å². The first-order valence-corrected chi connectivity index (χ1v) is 10.5. The van der Waals surface area contributed by atoms with Crippen LogP contribution in [0.25, 0.3) is 11.1 Å². The maximum atomic E-state index is 11.8. The van der Waals surface area contributed by atoms with Crippen LogP contribution in [0.1, 0.15) is 12.0 Å². The zero-order valence-electron chi connectivity index (χ0n) is 14.6. The molecular weight excluding hydrogens is 348 g/mol. The Morgan fingerprint density at radius 1 is 1.04 bits per heavy atom. The summed E-state index contributed by atoms with van der Waals surface area (Å²) in [5.74, 6) is -0.0367. The number of aliphatic hydroxyl groups excluding tert-OH is 1. The molecule has 5 heteroatoms. The molecule has 2 aromatic rings. The van der Waals surface area contributed by atoms with Crippen LogP contribution in [0.15, 0.2) is 78.5 Å². The van der Waals surface area contributed by atoms with Crippen molar-refractivity contribution in [1.29, 1.82) is 0 Å². The zero-order valence-corrected chi connectivity index (χ0v) is 15.4. The van der Waals surface area contributed by atoms with E-state index < -0.39 is 15.8 Å². The monoisotopic (exact) mass is 370 g/mol. The highest BCUT2D eigenvalue weighted by molar-refractivity contribution is 7.90. The molecule has 0 aromatic heterocycles. The van der Waals surface area contributed by atoms with Gasteiger partial charge in [0, 0.05) is 18.6 Å². The molecule has 0 saturated heterocycles. The topological polar surface area (TPSA) is 63.6 Å². The van der Waals surface area contributed by atoms with Crippen LogP contribution >= 0.6 is 0 Å². The van der Waals surface area contributed by atoms with Crippen LogP contribution in [0.5, 0.6) is 0 Å². The molecule has 0 aliphatic carbocycles. The average molecular weight is 370 g/mol. The fourth-order valence-electron chi connectivity index (χ4n) is 3.12. The highest BCUT2D eigenvalue weighted by Gasteiger charge is 2.26. The summed E-state index contributed by atoms with van der Waals surface area (Å²) in [6, 6.07) is 18.1. The van der Waals surface area contributed by atoms with Crippen LogP contribution in [0.2, 0.25) is 0 Å². The van der Waals surface area contributed by atoms with E-state index in [1.807, 2.05) is 54.6 Å². The highest BCUT2D eigenvalue weighted by atomic mass is 32.2. The first-order chi connectivity index (χ1) is 12.4. The van der Waals surface area contributed by atoms with Crippen LogP contribution in [0.4, 0.5) is 0 Å². The molecule has 1 unspecified atom stereocenters. The van der Waals surface area contributed by atoms with Crippen LogP contribution in [-0.2, 0) is 21.0 Å². The Labute approximate surface area is 154 Å². The maximum Gasteiger partial charge on any atom is 0.148 e. The molecular formula is C21H22O4S. The van der Waals surface area contributed by atoms with Gasteiger partial charge >= 0.3 is 0 Å². The summed E-state index contributed by atoms with van der Waals surface area (Å²) < 4.78 is 29.1. The molecule has 1 heterocycles. The first-order valence-electron chi connectivity index (χ1n) is 8.48. The Hall–Kier alpha value is -2.53. The van der Waals surface area contributed by atoms with Gasteiger partial charge < -0.3 is 9.84 Å². The van der Waals surface area contributed by atoms with Crippen molar-refractivity contribution in [2.45, 2.75) is 12.8 Å². The molecule has 0 saturated carbocycles. The van der Waals surface area contributed by atoms with E-state index in [0.29, 0.717) is 18.6 Å². The van der Waals surface area contributed by atoms with Crippen molar-refractivity contribution in [3.05, 3.63) is 84.0 Å². The Bertz CT molecular complexity index is 910. The lowest BCUT2D eigenvalue weighted by molar-refractivity contribution is 0.237. The summed E-state index contributed by atoms with van der Waals surface area (Å²) in [5.41, 5.74) is 3.23. The Balaban J connectivity index is 1.82. The molecule has 136 valence electrons. The summed E-state index contributed by atoms with van der Waals surface area (Å²) >= 11 is 0. The average Bonchev–Trinajstić information content (AvgIpc) is 2.62. The Morgan fingerprint density at radius 2 is 1.69 bits per heavy atom. The van der Waals surface area contributed by atoms with Gasteiger partial charge in [-0.1, -0.05) is 54.6 Å². The highest BCUT2D eigenvalue weighted by Crippen LogP contribution is 2.28. The number of benzene rings is 2. The molecule has 1 aliphatic heterocycles. The van der Waals surface area contributed by atoms with Crippen molar-refractivity contribution >= 4 is 9.84 Å². The second-order valence-electron chi connectivity index (χ2n) is 6.56. The second kappa shape index (κ2) is 7.79. The number of hydrogen-bond acceptors (Lipinski definition) is 4. The summed E-state index contributed by atoms with van der Waals surface area (Å²) in [4.78, 5) is 0. The van der Waals surface area contributed by atoms with E-state index in [1.54, 1.807) is 6.08 Å². The molecule has 0 spiro atoms. The normalized spacial score (nSPS) is 15.6. The molecule has 0 amide bonds. The van der Waals surface area contributed by atoms with E-state index in [0.717, 1.165) is 16.7 Å². The SMILES string of the molecule is CS(=O)(=O)CC(Cc1ccc(-c2ccccc2)cc1)C1=C(O)CC=CO1. The summed E-state index contributed by atoms with van der Waals surface area (Å²) in [5, 5.41) is 10.1. The predicted octanol–water partition coefficient (Wildman–Crippen LogP) is 4.26. The largest absolute Gasteiger partial charge is 0.508 e. The van der Waals surface area contributed by atoms with Gasteiger partial charge in [-0.05, 0) is 29.2 Å². The predicted molar refractivity (Wildman–Crippen MR) is 103 cm³/mol. The van der Waals surface area contributed by atoms with Gasteiger partial charge in [-0.15, -0.1) is 0 Å². The lowest BCUT2D eigenvalue weighted by Crippen LogP contribution is -2.22. The van der Waals surface area contributed by atoms with Crippen molar-refractivity contribution in [2.24, 2.45) is 5.92 Å². The third kappa shape index (κ3) is 4.76. The third-order valence-corrected chi connectivity index (χ3v) is 5.31. The summed E-state index contributed by atoms with van der Waals surface area (Å²) in [6.07, 6.45) is 5.25. The molecule has 1 aliphatic rings. The second-order valence-corrected chi connectivity index (χ2v) is 8.75. The quantitative estimate of drug-likeness (QED) is 0.825. The fraction of sp³-hybridized carbons (Fsp3) is 0.238. The Kier molecular flexibility index (Phi) is 5.47. The summed E-state index contributed by atoms with van der Waals surface area (Å²) in [6.45, 7) is 0. The van der Waals surface area contributed by atoms with Gasteiger partial charge in [0.2, 0.25) is 0 Å². The third-order valence-electron chi connectivity index (χ3n) is 4.30. The molecule has 0 fully saturated rings. The van der Waals surface area contributed by atoms with Crippen molar-refractivity contribution in [3.8, 4) is 11.1 Å². The minimum atomic E-state index is -3.22. The van der Waals surface area contributed by atoms with Crippen LogP contribution in [0.3, 0.4) is 0 Å². The maximum absolute atomic E-state index is 11.8. The van der Waals surface area contributed by atoms with E-state index in [4.69, 9.17) is 4.74 Å². The number of aliphatic hydroxyl groups is 1. The van der Waals surface area contributed by atoms with Crippen molar-refractivity contribution in [2.75, 3.05) is 12.0 Å². The van der Waals surface area contributed by atoms with Gasteiger partial charge in [-0.3, -0.25) is 0 Å². The number of hydrogen-bond donors (Lipinski definition) is 1. The van der Waals surface area contributed by atoms with Crippen LogP contribution < -0.4 is 0 Å². The zero-order chi connectivity index (χ0) is 18.6. The molecule has 3 rings (SSSR count). The smallest absolute Gasteiger partial charge is 0.148 e.